The molecule has 2 rings (SSSR count). The van der Waals surface area contributed by atoms with Crippen molar-refractivity contribution in [2.75, 3.05) is 26.2 Å². The second-order valence-electron chi connectivity index (χ2n) is 5.19. The first-order valence-corrected chi connectivity index (χ1v) is 6.41. The van der Waals surface area contributed by atoms with E-state index in [1.807, 2.05) is 0 Å². The van der Waals surface area contributed by atoms with Crippen molar-refractivity contribution in [1.29, 1.82) is 0 Å². The standard InChI is InChI=1S/C13H24N2/c1-3-6-14-8-11(2)9-15-10-12-4-5-13(15)7-12/h12-14H,2-10H2,1H3. The van der Waals surface area contributed by atoms with Gasteiger partial charge in [-0.25, -0.2) is 0 Å². The summed E-state index contributed by atoms with van der Waals surface area (Å²) in [6.45, 7) is 10.9. The maximum absolute atomic E-state index is 4.17. The summed E-state index contributed by atoms with van der Waals surface area (Å²) in [6.07, 6.45) is 5.57. The van der Waals surface area contributed by atoms with Gasteiger partial charge in [0.25, 0.3) is 0 Å². The van der Waals surface area contributed by atoms with Gasteiger partial charge in [-0.15, -0.1) is 0 Å². The number of likely N-dealkylation sites (tertiary alicyclic amines) is 1. The predicted molar refractivity (Wildman–Crippen MR) is 65.0 cm³/mol. The van der Waals surface area contributed by atoms with Crippen LogP contribution in [0.2, 0.25) is 0 Å². The molecule has 1 aliphatic heterocycles. The van der Waals surface area contributed by atoms with Gasteiger partial charge in [-0.3, -0.25) is 4.90 Å². The zero-order chi connectivity index (χ0) is 10.7. The third-order valence-corrected chi connectivity index (χ3v) is 3.75. The molecule has 15 heavy (non-hydrogen) atoms. The summed E-state index contributed by atoms with van der Waals surface area (Å²) in [4.78, 5) is 2.64. The Bertz CT molecular complexity index is 225. The van der Waals surface area contributed by atoms with Crippen LogP contribution in [0.25, 0.3) is 0 Å². The first kappa shape index (κ1) is 11.2. The van der Waals surface area contributed by atoms with Crippen molar-refractivity contribution in [1.82, 2.24) is 10.2 Å². The predicted octanol–water partition coefficient (Wildman–Crippen LogP) is 2.03. The van der Waals surface area contributed by atoms with Gasteiger partial charge in [0.05, 0.1) is 0 Å². The third kappa shape index (κ3) is 2.82. The van der Waals surface area contributed by atoms with Crippen LogP contribution in [-0.4, -0.2) is 37.1 Å². The fraction of sp³-hybridized carbons (Fsp3) is 0.846. The largest absolute Gasteiger partial charge is 0.313 e. The number of nitrogens with one attached hydrogen (secondary N) is 1. The van der Waals surface area contributed by atoms with Gasteiger partial charge in [-0.2, -0.15) is 0 Å². The Hall–Kier alpha value is -0.340. The van der Waals surface area contributed by atoms with Gasteiger partial charge >= 0.3 is 0 Å². The minimum Gasteiger partial charge on any atom is -0.313 e. The van der Waals surface area contributed by atoms with Gasteiger partial charge in [0, 0.05) is 25.7 Å². The minimum atomic E-state index is 0.887. The molecule has 2 fully saturated rings. The summed E-state index contributed by atoms with van der Waals surface area (Å²) in [7, 11) is 0. The summed E-state index contributed by atoms with van der Waals surface area (Å²) in [5, 5.41) is 3.43. The van der Waals surface area contributed by atoms with Crippen LogP contribution in [0.1, 0.15) is 32.6 Å². The van der Waals surface area contributed by atoms with E-state index in [1.165, 1.54) is 37.8 Å². The summed E-state index contributed by atoms with van der Waals surface area (Å²) >= 11 is 0. The number of hydrogen-bond acceptors (Lipinski definition) is 2. The topological polar surface area (TPSA) is 15.3 Å². The van der Waals surface area contributed by atoms with Crippen LogP contribution in [0.4, 0.5) is 0 Å². The molecule has 1 aliphatic carbocycles. The Kier molecular flexibility index (Phi) is 3.81. The van der Waals surface area contributed by atoms with Gasteiger partial charge < -0.3 is 5.32 Å². The van der Waals surface area contributed by atoms with Crippen LogP contribution >= 0.6 is 0 Å². The van der Waals surface area contributed by atoms with Crippen LogP contribution in [0.15, 0.2) is 12.2 Å². The Morgan fingerprint density at radius 2 is 2.33 bits per heavy atom. The summed E-state index contributed by atoms with van der Waals surface area (Å²) < 4.78 is 0. The molecule has 2 nitrogen and oxygen atoms in total. The molecule has 86 valence electrons. The van der Waals surface area contributed by atoms with Crippen molar-refractivity contribution in [3.63, 3.8) is 0 Å². The molecule has 0 aromatic rings. The van der Waals surface area contributed by atoms with Crippen LogP contribution in [0.5, 0.6) is 0 Å². The maximum atomic E-state index is 4.17. The lowest BCUT2D eigenvalue weighted by Crippen LogP contribution is -2.35. The van der Waals surface area contributed by atoms with Gasteiger partial charge in [-0.05, 0) is 43.7 Å². The van der Waals surface area contributed by atoms with E-state index in [2.05, 4.69) is 23.7 Å². The summed E-state index contributed by atoms with van der Waals surface area (Å²) in [5.74, 6) is 1.01. The van der Waals surface area contributed by atoms with E-state index in [9.17, 15) is 0 Å². The number of hydrogen-bond donors (Lipinski definition) is 1. The molecule has 2 atom stereocenters. The zero-order valence-electron chi connectivity index (χ0n) is 9.97. The highest BCUT2D eigenvalue weighted by Crippen LogP contribution is 2.37. The van der Waals surface area contributed by atoms with E-state index in [0.717, 1.165) is 31.6 Å². The van der Waals surface area contributed by atoms with Crippen LogP contribution < -0.4 is 5.32 Å². The molecular formula is C13H24N2. The SMILES string of the molecule is C=C(CNCCC)CN1CC2CCC1C2. The molecule has 0 spiro atoms. The number of nitrogens with zero attached hydrogens (tertiary/aromatic N) is 1. The Morgan fingerprint density at radius 3 is 2.93 bits per heavy atom. The van der Waals surface area contributed by atoms with Gasteiger partial charge in [0.1, 0.15) is 0 Å². The molecule has 2 bridgehead atoms. The average molecular weight is 208 g/mol. The van der Waals surface area contributed by atoms with Gasteiger partial charge in [-0.1, -0.05) is 13.5 Å². The number of fused-ring (bicyclic) bond motifs is 2. The molecule has 1 N–H and O–H groups in total. The van der Waals surface area contributed by atoms with Gasteiger partial charge in [0.2, 0.25) is 0 Å². The fourth-order valence-electron chi connectivity index (χ4n) is 3.01. The second-order valence-corrected chi connectivity index (χ2v) is 5.19. The van der Waals surface area contributed by atoms with E-state index in [1.54, 1.807) is 0 Å². The first-order valence-electron chi connectivity index (χ1n) is 6.41. The summed E-state index contributed by atoms with van der Waals surface area (Å²) in [5.41, 5.74) is 1.36. The van der Waals surface area contributed by atoms with Crippen molar-refractivity contribution < 1.29 is 0 Å². The summed E-state index contributed by atoms with van der Waals surface area (Å²) in [6, 6.07) is 0.887. The molecule has 1 saturated carbocycles. The molecule has 0 aromatic carbocycles. The average Bonchev–Trinajstić information content (AvgIpc) is 2.79. The molecule has 0 aromatic heterocycles. The molecule has 0 radical (unpaired) electrons. The van der Waals surface area contributed by atoms with Crippen LogP contribution in [0.3, 0.4) is 0 Å². The molecule has 1 heterocycles. The number of rotatable bonds is 6. The fourth-order valence-corrected chi connectivity index (χ4v) is 3.01. The molecule has 2 heteroatoms. The lowest BCUT2D eigenvalue weighted by atomic mass is 10.1. The second kappa shape index (κ2) is 5.13. The Balaban J connectivity index is 1.66. The molecule has 2 aliphatic rings. The highest BCUT2D eigenvalue weighted by atomic mass is 15.2. The van der Waals surface area contributed by atoms with Crippen LogP contribution in [-0.2, 0) is 0 Å². The van der Waals surface area contributed by atoms with Crippen LogP contribution in [0, 0.1) is 5.92 Å². The van der Waals surface area contributed by atoms with Crippen molar-refractivity contribution in [3.8, 4) is 0 Å². The van der Waals surface area contributed by atoms with Gasteiger partial charge in [0.15, 0.2) is 0 Å². The highest BCUT2D eigenvalue weighted by molar-refractivity contribution is 5.04. The van der Waals surface area contributed by atoms with E-state index in [-0.39, 0.29) is 0 Å². The molecule has 0 amide bonds. The Labute approximate surface area is 93.7 Å². The minimum absolute atomic E-state index is 0.887. The zero-order valence-corrected chi connectivity index (χ0v) is 9.97. The van der Waals surface area contributed by atoms with Crippen molar-refractivity contribution in [2.45, 2.75) is 38.6 Å². The van der Waals surface area contributed by atoms with Crippen molar-refractivity contribution >= 4 is 0 Å². The molecule has 1 saturated heterocycles. The monoisotopic (exact) mass is 208 g/mol. The smallest absolute Gasteiger partial charge is 0.0205 e. The normalized spacial score (nSPS) is 29.9. The lowest BCUT2D eigenvalue weighted by Gasteiger charge is -2.27. The highest BCUT2D eigenvalue weighted by Gasteiger charge is 2.37. The quantitative estimate of drug-likeness (QED) is 0.531. The molecule has 2 unspecified atom stereocenters. The van der Waals surface area contributed by atoms with E-state index in [0.29, 0.717) is 0 Å². The van der Waals surface area contributed by atoms with E-state index < -0.39 is 0 Å². The third-order valence-electron chi connectivity index (χ3n) is 3.75. The lowest BCUT2D eigenvalue weighted by molar-refractivity contribution is 0.230. The Morgan fingerprint density at radius 1 is 1.47 bits per heavy atom. The number of piperidine rings is 1. The van der Waals surface area contributed by atoms with Crippen molar-refractivity contribution in [3.05, 3.63) is 12.2 Å². The maximum Gasteiger partial charge on any atom is 0.0205 e. The van der Waals surface area contributed by atoms with Crippen molar-refractivity contribution in [2.24, 2.45) is 5.92 Å². The molecular weight excluding hydrogens is 184 g/mol. The first-order chi connectivity index (χ1) is 7.29. The van der Waals surface area contributed by atoms with E-state index >= 15 is 0 Å². The van der Waals surface area contributed by atoms with E-state index in [4.69, 9.17) is 0 Å².